The number of pyridine rings is 1. The smallest absolute Gasteiger partial charge is 0.162 e. The van der Waals surface area contributed by atoms with Crippen LogP contribution >= 0.6 is 0 Å². The van der Waals surface area contributed by atoms with Crippen LogP contribution in [0, 0.1) is 5.92 Å². The van der Waals surface area contributed by atoms with Crippen LogP contribution in [0.3, 0.4) is 0 Å². The average molecular weight is 483 g/mol. The molecule has 36 heavy (non-hydrogen) atoms. The summed E-state index contributed by atoms with van der Waals surface area (Å²) < 4.78 is 6.06. The Morgan fingerprint density at radius 2 is 1.83 bits per heavy atom. The van der Waals surface area contributed by atoms with E-state index in [1.54, 1.807) is 6.20 Å². The van der Waals surface area contributed by atoms with Gasteiger partial charge < -0.3 is 9.64 Å². The molecule has 5 rings (SSSR count). The number of nitrogens with zero attached hydrogens (tertiary/aromatic N) is 2. The van der Waals surface area contributed by atoms with Gasteiger partial charge in [0.05, 0.1) is 5.69 Å². The SMILES string of the molecule is CN(c1cccc(C(=O)CCCC2CCCCC2)c1)c1ccc(OCc2ccccn2)cc1C1CC1. The minimum atomic E-state index is 0.266. The van der Waals surface area contributed by atoms with Crippen molar-refractivity contribution in [2.75, 3.05) is 11.9 Å². The summed E-state index contributed by atoms with van der Waals surface area (Å²) in [4.78, 5) is 19.5. The summed E-state index contributed by atoms with van der Waals surface area (Å²) in [5.41, 5.74) is 5.31. The molecular weight excluding hydrogens is 444 g/mol. The van der Waals surface area contributed by atoms with Crippen molar-refractivity contribution in [1.29, 1.82) is 0 Å². The molecule has 2 aliphatic rings. The van der Waals surface area contributed by atoms with Gasteiger partial charge in [0.25, 0.3) is 0 Å². The van der Waals surface area contributed by atoms with Gasteiger partial charge in [-0.15, -0.1) is 0 Å². The predicted molar refractivity (Wildman–Crippen MR) is 146 cm³/mol. The van der Waals surface area contributed by atoms with E-state index in [0.29, 0.717) is 18.9 Å². The van der Waals surface area contributed by atoms with Crippen LogP contribution in [0.2, 0.25) is 0 Å². The molecular formula is C32H38N2O2. The summed E-state index contributed by atoms with van der Waals surface area (Å²) in [5.74, 6) is 2.55. The quantitative estimate of drug-likeness (QED) is 0.258. The highest BCUT2D eigenvalue weighted by Crippen LogP contribution is 2.46. The summed E-state index contributed by atoms with van der Waals surface area (Å²) >= 11 is 0. The summed E-state index contributed by atoms with van der Waals surface area (Å²) in [7, 11) is 2.10. The third-order valence-corrected chi connectivity index (χ3v) is 7.79. The van der Waals surface area contributed by atoms with Crippen molar-refractivity contribution in [3.8, 4) is 5.75 Å². The number of benzene rings is 2. The Morgan fingerprint density at radius 1 is 0.972 bits per heavy atom. The van der Waals surface area contributed by atoms with Crippen molar-refractivity contribution in [2.24, 2.45) is 5.92 Å². The zero-order valence-electron chi connectivity index (χ0n) is 21.5. The molecule has 0 radical (unpaired) electrons. The van der Waals surface area contributed by atoms with Gasteiger partial charge in [0, 0.05) is 36.6 Å². The van der Waals surface area contributed by atoms with Crippen molar-refractivity contribution >= 4 is 17.2 Å². The molecule has 0 atom stereocenters. The number of hydrogen-bond donors (Lipinski definition) is 0. The molecule has 0 amide bonds. The Bertz CT molecular complexity index is 1150. The molecule has 188 valence electrons. The molecule has 2 aliphatic carbocycles. The normalized spacial score (nSPS) is 16.0. The Hall–Kier alpha value is -3.14. The molecule has 1 aromatic heterocycles. The van der Waals surface area contributed by atoms with E-state index >= 15 is 0 Å². The highest BCUT2D eigenvalue weighted by molar-refractivity contribution is 5.97. The molecule has 3 aromatic rings. The van der Waals surface area contributed by atoms with E-state index < -0.39 is 0 Å². The predicted octanol–water partition coefficient (Wildman–Crippen LogP) is 8.24. The maximum Gasteiger partial charge on any atom is 0.162 e. The first kappa shape index (κ1) is 24.5. The molecule has 0 bridgehead atoms. The third kappa shape index (κ3) is 6.34. The summed E-state index contributed by atoms with van der Waals surface area (Å²) in [6.07, 6.45) is 13.9. The zero-order chi connectivity index (χ0) is 24.7. The number of carbonyl (C=O) groups excluding carboxylic acids is 1. The number of hydrogen-bond acceptors (Lipinski definition) is 4. The van der Waals surface area contributed by atoms with Gasteiger partial charge in [-0.3, -0.25) is 9.78 Å². The number of aromatic nitrogens is 1. The lowest BCUT2D eigenvalue weighted by Crippen LogP contribution is -2.13. The number of anilines is 2. The maximum absolute atomic E-state index is 13.0. The van der Waals surface area contributed by atoms with Gasteiger partial charge in [0.15, 0.2) is 5.78 Å². The van der Waals surface area contributed by atoms with Gasteiger partial charge in [0.1, 0.15) is 12.4 Å². The van der Waals surface area contributed by atoms with E-state index in [-0.39, 0.29) is 5.78 Å². The van der Waals surface area contributed by atoms with Crippen LogP contribution in [0.1, 0.15) is 91.7 Å². The van der Waals surface area contributed by atoms with Crippen LogP contribution < -0.4 is 9.64 Å². The number of ketones is 1. The van der Waals surface area contributed by atoms with E-state index in [0.717, 1.165) is 35.0 Å². The number of Topliss-reactive ketones (excluding diaryl/α,β-unsaturated/α-hetero) is 1. The van der Waals surface area contributed by atoms with E-state index in [1.165, 1.54) is 62.6 Å². The fourth-order valence-corrected chi connectivity index (χ4v) is 5.49. The van der Waals surface area contributed by atoms with Crippen molar-refractivity contribution in [3.63, 3.8) is 0 Å². The second-order valence-corrected chi connectivity index (χ2v) is 10.5. The topological polar surface area (TPSA) is 42.4 Å². The molecule has 2 fully saturated rings. The van der Waals surface area contributed by atoms with Crippen LogP contribution in [0.25, 0.3) is 0 Å². The van der Waals surface area contributed by atoms with Gasteiger partial charge in [0.2, 0.25) is 0 Å². The lowest BCUT2D eigenvalue weighted by Gasteiger charge is -2.24. The summed E-state index contributed by atoms with van der Waals surface area (Å²) in [5, 5.41) is 0. The minimum absolute atomic E-state index is 0.266. The van der Waals surface area contributed by atoms with Crippen molar-refractivity contribution in [2.45, 2.75) is 76.7 Å². The van der Waals surface area contributed by atoms with Crippen LogP contribution in [-0.4, -0.2) is 17.8 Å². The lowest BCUT2D eigenvalue weighted by atomic mass is 9.85. The summed E-state index contributed by atoms with van der Waals surface area (Å²) in [6, 6.07) is 20.4. The van der Waals surface area contributed by atoms with Crippen LogP contribution in [0.5, 0.6) is 5.75 Å². The molecule has 4 nitrogen and oxygen atoms in total. The van der Waals surface area contributed by atoms with E-state index in [1.807, 2.05) is 36.4 Å². The molecule has 2 saturated carbocycles. The standard InChI is InChI=1S/C32H38N2O2/c1-34(28-14-8-12-26(21-28)32(35)15-7-11-24-9-3-2-4-10-24)31-19-18-29(22-30(31)25-16-17-25)36-23-27-13-5-6-20-33-27/h5-6,8,12-14,18-22,24-25H,2-4,7,9-11,15-17,23H2,1H3. The first-order valence-electron chi connectivity index (χ1n) is 13.7. The molecule has 0 spiro atoms. The molecule has 1 heterocycles. The van der Waals surface area contributed by atoms with Crippen LogP contribution in [-0.2, 0) is 6.61 Å². The number of rotatable bonds is 11. The van der Waals surface area contributed by atoms with Crippen molar-refractivity contribution in [1.82, 2.24) is 4.98 Å². The average Bonchev–Trinajstić information content (AvgIpc) is 3.78. The molecule has 0 unspecified atom stereocenters. The highest BCUT2D eigenvalue weighted by Gasteiger charge is 2.28. The Labute approximate surface area is 215 Å². The Kier molecular flexibility index (Phi) is 8.00. The monoisotopic (exact) mass is 482 g/mol. The first-order chi connectivity index (χ1) is 17.7. The largest absolute Gasteiger partial charge is 0.487 e. The molecule has 0 aliphatic heterocycles. The van der Waals surface area contributed by atoms with Gasteiger partial charge in [-0.1, -0.05) is 56.7 Å². The minimum Gasteiger partial charge on any atom is -0.487 e. The van der Waals surface area contributed by atoms with Crippen LogP contribution in [0.4, 0.5) is 11.4 Å². The Balaban J connectivity index is 1.25. The van der Waals surface area contributed by atoms with E-state index in [2.05, 4.69) is 41.2 Å². The molecule has 4 heteroatoms. The molecule has 2 aromatic carbocycles. The summed E-state index contributed by atoms with van der Waals surface area (Å²) in [6.45, 7) is 0.463. The lowest BCUT2D eigenvalue weighted by molar-refractivity contribution is 0.0976. The van der Waals surface area contributed by atoms with Gasteiger partial charge >= 0.3 is 0 Å². The first-order valence-corrected chi connectivity index (χ1v) is 13.7. The van der Waals surface area contributed by atoms with E-state index in [4.69, 9.17) is 4.74 Å². The third-order valence-electron chi connectivity index (χ3n) is 7.79. The molecule has 0 N–H and O–H groups in total. The molecule has 0 saturated heterocycles. The van der Waals surface area contributed by atoms with Crippen molar-refractivity contribution in [3.05, 3.63) is 83.7 Å². The second kappa shape index (κ2) is 11.7. The fraction of sp³-hybridized carbons (Fsp3) is 0.438. The second-order valence-electron chi connectivity index (χ2n) is 10.5. The zero-order valence-corrected chi connectivity index (χ0v) is 21.5. The maximum atomic E-state index is 13.0. The van der Waals surface area contributed by atoms with Gasteiger partial charge in [-0.25, -0.2) is 0 Å². The highest BCUT2D eigenvalue weighted by atomic mass is 16.5. The van der Waals surface area contributed by atoms with Gasteiger partial charge in [-0.2, -0.15) is 0 Å². The van der Waals surface area contributed by atoms with Crippen molar-refractivity contribution < 1.29 is 9.53 Å². The fourth-order valence-electron chi connectivity index (χ4n) is 5.49. The number of carbonyl (C=O) groups is 1. The van der Waals surface area contributed by atoms with Crippen LogP contribution in [0.15, 0.2) is 66.9 Å². The Morgan fingerprint density at radius 3 is 2.61 bits per heavy atom. The number of ether oxygens (including phenoxy) is 1. The van der Waals surface area contributed by atoms with E-state index in [9.17, 15) is 4.79 Å². The van der Waals surface area contributed by atoms with Gasteiger partial charge in [-0.05, 0) is 79.1 Å².